The first-order valence-corrected chi connectivity index (χ1v) is 10.3. The molecule has 0 aromatic carbocycles. The van der Waals surface area contributed by atoms with Crippen molar-refractivity contribution in [1.29, 1.82) is 0 Å². The van der Waals surface area contributed by atoms with Crippen molar-refractivity contribution in [2.24, 2.45) is 11.8 Å². The molecule has 1 aliphatic carbocycles. The van der Waals surface area contributed by atoms with Gasteiger partial charge >= 0.3 is 6.18 Å². The van der Waals surface area contributed by atoms with Crippen LogP contribution in [0.5, 0.6) is 0 Å². The highest BCUT2D eigenvalue weighted by atomic mass is 35.5. The predicted octanol–water partition coefficient (Wildman–Crippen LogP) is 3.36. The van der Waals surface area contributed by atoms with Crippen molar-refractivity contribution < 1.29 is 22.8 Å². The molecule has 1 heterocycles. The molecule has 0 saturated carbocycles. The van der Waals surface area contributed by atoms with Gasteiger partial charge in [-0.2, -0.15) is 13.2 Å². The van der Waals surface area contributed by atoms with Crippen LogP contribution in [-0.4, -0.2) is 54.6 Å². The molecule has 1 fully saturated rings. The first-order valence-electron chi connectivity index (χ1n) is 9.88. The molecule has 1 saturated heterocycles. The molecule has 2 aliphatic rings. The quantitative estimate of drug-likeness (QED) is 0.672. The van der Waals surface area contributed by atoms with Crippen LogP contribution in [0.4, 0.5) is 13.2 Å². The fourth-order valence-corrected chi connectivity index (χ4v) is 3.55. The third kappa shape index (κ3) is 7.33. The molecule has 2 amide bonds. The number of likely N-dealkylation sites (tertiary alicyclic amines) is 1. The van der Waals surface area contributed by atoms with Gasteiger partial charge in [-0.05, 0) is 64.6 Å². The first kappa shape index (κ1) is 23.7. The number of amides is 2. The van der Waals surface area contributed by atoms with Crippen LogP contribution >= 0.6 is 11.6 Å². The molecule has 2 N–H and O–H groups in total. The Labute approximate surface area is 174 Å². The molecular formula is C20H29ClF3N3O2. The fraction of sp³-hybridized carbons (Fsp3) is 0.700. The summed E-state index contributed by atoms with van der Waals surface area (Å²) < 4.78 is 38.6. The molecule has 1 aliphatic heterocycles. The van der Waals surface area contributed by atoms with Crippen molar-refractivity contribution in [3.63, 3.8) is 0 Å². The van der Waals surface area contributed by atoms with E-state index < -0.39 is 17.6 Å². The first-order chi connectivity index (χ1) is 13.5. The highest BCUT2D eigenvalue weighted by molar-refractivity contribution is 6.29. The SMILES string of the molecule is CC(C)(NC(=O)CN1CCC(CNC(=O)C2C=CC=C(Cl)CC2)CC1)C(F)(F)F. The largest absolute Gasteiger partial charge is 0.410 e. The van der Waals surface area contributed by atoms with Gasteiger partial charge in [-0.1, -0.05) is 23.8 Å². The van der Waals surface area contributed by atoms with Crippen LogP contribution < -0.4 is 10.6 Å². The van der Waals surface area contributed by atoms with E-state index in [1.54, 1.807) is 6.08 Å². The van der Waals surface area contributed by atoms with Crippen LogP contribution in [0.3, 0.4) is 0 Å². The summed E-state index contributed by atoms with van der Waals surface area (Å²) in [4.78, 5) is 26.2. The van der Waals surface area contributed by atoms with Gasteiger partial charge in [-0.3, -0.25) is 14.5 Å². The third-order valence-corrected chi connectivity index (χ3v) is 5.77. The molecule has 29 heavy (non-hydrogen) atoms. The number of halogens is 4. The zero-order chi connectivity index (χ0) is 21.7. The number of nitrogens with one attached hydrogen (secondary N) is 2. The Kier molecular flexibility index (Phi) is 8.17. The van der Waals surface area contributed by atoms with E-state index in [0.717, 1.165) is 31.7 Å². The summed E-state index contributed by atoms with van der Waals surface area (Å²) >= 11 is 5.99. The standard InChI is InChI=1S/C20H29ClF3N3O2/c1-19(2,20(22,23)24)26-17(28)13-27-10-8-14(9-11-27)12-25-18(29)15-4-3-5-16(21)7-6-15/h3-5,14-15H,6-13H2,1-2H3,(H,25,29)(H,26,28). The number of allylic oxidation sites excluding steroid dienone is 3. The number of piperidine rings is 1. The minimum absolute atomic E-state index is 0.0165. The highest BCUT2D eigenvalue weighted by Crippen LogP contribution is 2.29. The Morgan fingerprint density at radius 3 is 2.48 bits per heavy atom. The number of alkyl halides is 3. The normalized spacial score (nSPS) is 22.0. The zero-order valence-corrected chi connectivity index (χ0v) is 17.6. The van der Waals surface area contributed by atoms with Crippen molar-refractivity contribution in [2.45, 2.75) is 51.2 Å². The maximum atomic E-state index is 12.9. The lowest BCUT2D eigenvalue weighted by Gasteiger charge is -2.33. The molecule has 1 atom stereocenters. The number of carbonyl (C=O) groups is 2. The maximum absolute atomic E-state index is 12.9. The summed E-state index contributed by atoms with van der Waals surface area (Å²) in [5.74, 6) is -0.548. The summed E-state index contributed by atoms with van der Waals surface area (Å²) in [6.45, 7) is 3.64. The Balaban J connectivity index is 1.69. The Morgan fingerprint density at radius 2 is 1.86 bits per heavy atom. The van der Waals surface area contributed by atoms with Crippen LogP contribution in [0.1, 0.15) is 39.5 Å². The van der Waals surface area contributed by atoms with Gasteiger partial charge in [0.1, 0.15) is 5.54 Å². The molecule has 0 aromatic heterocycles. The van der Waals surface area contributed by atoms with E-state index in [4.69, 9.17) is 11.6 Å². The fourth-order valence-electron chi connectivity index (χ4n) is 3.37. The molecule has 0 aromatic rings. The van der Waals surface area contributed by atoms with E-state index in [2.05, 4.69) is 10.6 Å². The van der Waals surface area contributed by atoms with Gasteiger partial charge in [-0.25, -0.2) is 0 Å². The lowest BCUT2D eigenvalue weighted by atomic mass is 9.96. The van der Waals surface area contributed by atoms with E-state index in [1.807, 2.05) is 17.1 Å². The number of carbonyl (C=O) groups excluding carboxylic acids is 2. The van der Waals surface area contributed by atoms with Gasteiger partial charge in [-0.15, -0.1) is 0 Å². The van der Waals surface area contributed by atoms with Crippen molar-refractivity contribution in [1.82, 2.24) is 15.5 Å². The van der Waals surface area contributed by atoms with Crippen molar-refractivity contribution in [3.05, 3.63) is 23.3 Å². The second kappa shape index (κ2) is 9.98. The van der Waals surface area contributed by atoms with Crippen LogP contribution in [0.2, 0.25) is 0 Å². The third-order valence-electron chi connectivity index (χ3n) is 5.45. The van der Waals surface area contributed by atoms with Crippen LogP contribution in [0.25, 0.3) is 0 Å². The van der Waals surface area contributed by atoms with E-state index >= 15 is 0 Å². The molecule has 0 radical (unpaired) electrons. The van der Waals surface area contributed by atoms with E-state index in [-0.39, 0.29) is 18.4 Å². The van der Waals surface area contributed by atoms with E-state index in [0.29, 0.717) is 38.4 Å². The summed E-state index contributed by atoms with van der Waals surface area (Å²) in [5.41, 5.74) is -2.25. The van der Waals surface area contributed by atoms with E-state index in [9.17, 15) is 22.8 Å². The topological polar surface area (TPSA) is 61.4 Å². The number of hydrogen-bond donors (Lipinski definition) is 2. The summed E-state index contributed by atoms with van der Waals surface area (Å²) in [6, 6.07) is 0. The van der Waals surface area contributed by atoms with Gasteiger partial charge in [0.2, 0.25) is 11.8 Å². The Bertz CT molecular complexity index is 654. The number of nitrogens with zero attached hydrogens (tertiary/aromatic N) is 1. The minimum atomic E-state index is -4.50. The lowest BCUT2D eigenvalue weighted by Crippen LogP contribution is -2.56. The van der Waals surface area contributed by atoms with Crippen molar-refractivity contribution >= 4 is 23.4 Å². The predicted molar refractivity (Wildman–Crippen MR) is 106 cm³/mol. The summed E-state index contributed by atoms with van der Waals surface area (Å²) in [6.07, 6.45) is 3.89. The zero-order valence-electron chi connectivity index (χ0n) is 16.8. The molecule has 0 spiro atoms. The Hall–Kier alpha value is -1.54. The molecule has 2 rings (SSSR count). The molecule has 0 bridgehead atoms. The van der Waals surface area contributed by atoms with E-state index in [1.165, 1.54) is 0 Å². The van der Waals surface area contributed by atoms with Crippen LogP contribution in [-0.2, 0) is 9.59 Å². The maximum Gasteiger partial charge on any atom is 0.410 e. The summed E-state index contributed by atoms with van der Waals surface area (Å²) in [7, 11) is 0. The monoisotopic (exact) mass is 435 g/mol. The number of rotatable bonds is 6. The average molecular weight is 436 g/mol. The molecule has 5 nitrogen and oxygen atoms in total. The molecule has 9 heteroatoms. The second-order valence-corrected chi connectivity index (χ2v) is 8.76. The number of hydrogen-bond acceptors (Lipinski definition) is 3. The lowest BCUT2D eigenvalue weighted by molar-refractivity contribution is -0.188. The van der Waals surface area contributed by atoms with Gasteiger partial charge < -0.3 is 10.6 Å². The van der Waals surface area contributed by atoms with Crippen molar-refractivity contribution in [3.8, 4) is 0 Å². The molecular weight excluding hydrogens is 407 g/mol. The minimum Gasteiger partial charge on any atom is -0.355 e. The second-order valence-electron chi connectivity index (χ2n) is 8.28. The average Bonchev–Trinajstić information content (AvgIpc) is 2.84. The van der Waals surface area contributed by atoms with Gasteiger partial charge in [0, 0.05) is 11.6 Å². The molecule has 164 valence electrons. The van der Waals surface area contributed by atoms with Gasteiger partial charge in [0.15, 0.2) is 0 Å². The van der Waals surface area contributed by atoms with Crippen LogP contribution in [0.15, 0.2) is 23.3 Å². The Morgan fingerprint density at radius 1 is 1.21 bits per heavy atom. The smallest absolute Gasteiger partial charge is 0.355 e. The highest BCUT2D eigenvalue weighted by Gasteiger charge is 2.48. The molecule has 1 unspecified atom stereocenters. The van der Waals surface area contributed by atoms with Crippen LogP contribution in [0, 0.1) is 11.8 Å². The van der Waals surface area contributed by atoms with Gasteiger partial charge in [0.25, 0.3) is 0 Å². The van der Waals surface area contributed by atoms with Gasteiger partial charge in [0.05, 0.1) is 12.5 Å². The van der Waals surface area contributed by atoms with Crippen molar-refractivity contribution in [2.75, 3.05) is 26.2 Å². The summed E-state index contributed by atoms with van der Waals surface area (Å²) in [5, 5.41) is 5.79.